The predicted molar refractivity (Wildman–Crippen MR) is 101 cm³/mol. The number of fused-ring (bicyclic) bond motifs is 1. The van der Waals surface area contributed by atoms with Gasteiger partial charge in [0, 0.05) is 25.7 Å². The fraction of sp³-hybridized carbons (Fsp3) is 0.526. The molecule has 2 heterocycles. The number of amides is 1. The van der Waals surface area contributed by atoms with E-state index in [9.17, 15) is 4.79 Å². The molecular formula is C19H26N4O3. The smallest absolute Gasteiger partial charge is 0.410 e. The van der Waals surface area contributed by atoms with E-state index in [4.69, 9.17) is 14.5 Å². The second-order valence-corrected chi connectivity index (χ2v) is 7.51. The maximum absolute atomic E-state index is 12.3. The van der Waals surface area contributed by atoms with Crippen molar-refractivity contribution in [1.29, 1.82) is 0 Å². The molecule has 1 amide bonds. The highest BCUT2D eigenvalue weighted by Gasteiger charge is 2.32. The van der Waals surface area contributed by atoms with E-state index >= 15 is 0 Å². The van der Waals surface area contributed by atoms with Crippen molar-refractivity contribution in [3.8, 4) is 5.88 Å². The number of carbonyl (C=O) groups is 1. The lowest BCUT2D eigenvalue weighted by Gasteiger charge is -2.40. The molecule has 0 unspecified atom stereocenters. The van der Waals surface area contributed by atoms with E-state index in [0.717, 1.165) is 11.0 Å². The van der Waals surface area contributed by atoms with Crippen LogP contribution >= 0.6 is 0 Å². The number of para-hydroxylation sites is 2. The van der Waals surface area contributed by atoms with Crippen LogP contribution in [0.2, 0.25) is 0 Å². The molecular weight excluding hydrogens is 332 g/mol. The number of hydrogen-bond acceptors (Lipinski definition) is 6. The molecule has 1 aliphatic rings. The fourth-order valence-electron chi connectivity index (χ4n) is 3.06. The lowest BCUT2D eigenvalue weighted by Crippen LogP contribution is -2.55. The lowest BCUT2D eigenvalue weighted by atomic mass is 10.2. The molecule has 140 valence electrons. The van der Waals surface area contributed by atoms with Gasteiger partial charge >= 0.3 is 6.09 Å². The number of rotatable bonds is 2. The molecule has 7 nitrogen and oxygen atoms in total. The van der Waals surface area contributed by atoms with Gasteiger partial charge in [-0.05, 0) is 39.8 Å². The third kappa shape index (κ3) is 3.81. The molecule has 1 fully saturated rings. The summed E-state index contributed by atoms with van der Waals surface area (Å²) in [7, 11) is 1.60. The number of anilines is 1. The van der Waals surface area contributed by atoms with Gasteiger partial charge in [-0.1, -0.05) is 12.1 Å². The van der Waals surface area contributed by atoms with E-state index in [2.05, 4.69) is 16.8 Å². The van der Waals surface area contributed by atoms with Gasteiger partial charge in [-0.2, -0.15) is 0 Å². The first-order valence-electron chi connectivity index (χ1n) is 8.84. The number of nitrogens with zero attached hydrogens (tertiary/aromatic N) is 4. The summed E-state index contributed by atoms with van der Waals surface area (Å²) in [6, 6.07) is 7.79. The zero-order valence-electron chi connectivity index (χ0n) is 16.0. The van der Waals surface area contributed by atoms with E-state index in [0.29, 0.717) is 31.3 Å². The molecule has 1 saturated heterocycles. The van der Waals surface area contributed by atoms with E-state index in [1.165, 1.54) is 0 Å². The van der Waals surface area contributed by atoms with Crippen molar-refractivity contribution in [2.24, 2.45) is 0 Å². The topological polar surface area (TPSA) is 67.8 Å². The minimum Gasteiger partial charge on any atom is -0.478 e. The van der Waals surface area contributed by atoms with Crippen molar-refractivity contribution in [2.75, 3.05) is 31.6 Å². The number of benzene rings is 1. The molecule has 0 saturated carbocycles. The highest BCUT2D eigenvalue weighted by Crippen LogP contribution is 2.29. The number of carbonyl (C=O) groups excluding carboxylic acids is 1. The minimum atomic E-state index is -0.496. The molecule has 0 N–H and O–H groups in total. The molecule has 2 aromatic rings. The number of aromatic nitrogens is 2. The quantitative estimate of drug-likeness (QED) is 0.822. The SMILES string of the molecule is COc1nc2ccccc2nc1N1CCN(C(=O)OC(C)(C)C)C[C@@H]1C. The highest BCUT2D eigenvalue weighted by molar-refractivity contribution is 5.77. The first-order valence-corrected chi connectivity index (χ1v) is 8.84. The van der Waals surface area contributed by atoms with Gasteiger partial charge in [0.05, 0.1) is 18.1 Å². The molecule has 1 aromatic carbocycles. The number of methoxy groups -OCH3 is 1. The summed E-state index contributed by atoms with van der Waals surface area (Å²) in [5, 5.41) is 0. The van der Waals surface area contributed by atoms with Gasteiger partial charge in [0.15, 0.2) is 5.82 Å². The van der Waals surface area contributed by atoms with E-state index in [1.807, 2.05) is 45.0 Å². The zero-order valence-corrected chi connectivity index (χ0v) is 16.0. The van der Waals surface area contributed by atoms with Gasteiger partial charge in [-0.15, -0.1) is 0 Å². The van der Waals surface area contributed by atoms with Crippen LogP contribution in [-0.4, -0.2) is 59.3 Å². The van der Waals surface area contributed by atoms with E-state index in [1.54, 1.807) is 12.0 Å². The summed E-state index contributed by atoms with van der Waals surface area (Å²) < 4.78 is 11.0. The number of hydrogen-bond donors (Lipinski definition) is 0. The van der Waals surface area contributed by atoms with Crippen LogP contribution in [0, 0.1) is 0 Å². The van der Waals surface area contributed by atoms with Crippen LogP contribution in [0.4, 0.5) is 10.6 Å². The summed E-state index contributed by atoms with van der Waals surface area (Å²) in [5.74, 6) is 1.21. The first kappa shape index (κ1) is 18.2. The standard InChI is InChI=1S/C19H26N4O3/c1-13-12-22(18(24)26-19(2,3)4)10-11-23(13)16-17(25-5)21-15-9-7-6-8-14(15)20-16/h6-9,13H,10-12H2,1-5H3/t13-/m0/s1. The lowest BCUT2D eigenvalue weighted by molar-refractivity contribution is 0.0218. The monoisotopic (exact) mass is 358 g/mol. The minimum absolute atomic E-state index is 0.0700. The van der Waals surface area contributed by atoms with Gasteiger partial charge in [0.1, 0.15) is 5.60 Å². The van der Waals surface area contributed by atoms with Crippen LogP contribution in [0.1, 0.15) is 27.7 Å². The Kier molecular flexibility index (Phi) is 4.89. The van der Waals surface area contributed by atoms with Crippen molar-refractivity contribution in [1.82, 2.24) is 14.9 Å². The summed E-state index contributed by atoms with van der Waals surface area (Å²) >= 11 is 0. The molecule has 0 aliphatic carbocycles. The van der Waals surface area contributed by atoms with Crippen molar-refractivity contribution in [3.63, 3.8) is 0 Å². The summed E-state index contributed by atoms with van der Waals surface area (Å²) in [4.78, 5) is 25.5. The second-order valence-electron chi connectivity index (χ2n) is 7.51. The average molecular weight is 358 g/mol. The van der Waals surface area contributed by atoms with Gasteiger partial charge in [-0.25, -0.2) is 14.8 Å². The van der Waals surface area contributed by atoms with Crippen LogP contribution in [0.15, 0.2) is 24.3 Å². The second kappa shape index (κ2) is 6.97. The summed E-state index contributed by atoms with van der Waals surface area (Å²) in [6.45, 7) is 9.46. The van der Waals surface area contributed by atoms with E-state index < -0.39 is 5.60 Å². The zero-order chi connectivity index (χ0) is 18.9. The molecule has 3 rings (SSSR count). The van der Waals surface area contributed by atoms with Crippen LogP contribution in [0.25, 0.3) is 11.0 Å². The van der Waals surface area contributed by atoms with Gasteiger partial charge in [-0.3, -0.25) is 0 Å². The Morgan fingerprint density at radius 2 is 1.81 bits per heavy atom. The molecule has 0 bridgehead atoms. The predicted octanol–water partition coefficient (Wildman–Crippen LogP) is 3.08. The third-order valence-electron chi connectivity index (χ3n) is 4.27. The maximum Gasteiger partial charge on any atom is 0.410 e. The molecule has 0 spiro atoms. The summed E-state index contributed by atoms with van der Waals surface area (Å²) in [6.07, 6.45) is -0.277. The Balaban J connectivity index is 1.81. The molecule has 1 aromatic heterocycles. The van der Waals surface area contributed by atoms with Crippen LogP contribution in [-0.2, 0) is 4.74 Å². The number of ether oxygens (including phenoxy) is 2. The summed E-state index contributed by atoms with van der Waals surface area (Å²) in [5.41, 5.74) is 1.13. The molecule has 7 heteroatoms. The average Bonchev–Trinajstić information content (AvgIpc) is 2.59. The molecule has 1 aliphatic heterocycles. The Labute approximate surface area is 153 Å². The first-order chi connectivity index (χ1) is 12.3. The maximum atomic E-state index is 12.3. The van der Waals surface area contributed by atoms with Gasteiger partial charge in [0.25, 0.3) is 5.88 Å². The molecule has 0 radical (unpaired) electrons. The Hall–Kier alpha value is -2.57. The van der Waals surface area contributed by atoms with Gasteiger partial charge < -0.3 is 19.3 Å². The van der Waals surface area contributed by atoms with E-state index in [-0.39, 0.29) is 12.1 Å². The Bertz CT molecular complexity index is 803. The normalized spacial score (nSPS) is 18.1. The molecule has 1 atom stereocenters. The Morgan fingerprint density at radius 1 is 1.15 bits per heavy atom. The fourth-order valence-corrected chi connectivity index (χ4v) is 3.06. The van der Waals surface area contributed by atoms with Crippen molar-refractivity contribution in [3.05, 3.63) is 24.3 Å². The van der Waals surface area contributed by atoms with Crippen molar-refractivity contribution < 1.29 is 14.3 Å². The highest BCUT2D eigenvalue weighted by atomic mass is 16.6. The van der Waals surface area contributed by atoms with Crippen molar-refractivity contribution in [2.45, 2.75) is 39.3 Å². The van der Waals surface area contributed by atoms with Gasteiger partial charge in [0.2, 0.25) is 0 Å². The van der Waals surface area contributed by atoms with Crippen LogP contribution < -0.4 is 9.64 Å². The number of piperazine rings is 1. The third-order valence-corrected chi connectivity index (χ3v) is 4.27. The largest absolute Gasteiger partial charge is 0.478 e. The Morgan fingerprint density at radius 3 is 2.38 bits per heavy atom. The van der Waals surface area contributed by atoms with Crippen LogP contribution in [0.3, 0.4) is 0 Å². The van der Waals surface area contributed by atoms with Crippen molar-refractivity contribution >= 4 is 22.9 Å². The molecule has 26 heavy (non-hydrogen) atoms. The van der Waals surface area contributed by atoms with Crippen LogP contribution in [0.5, 0.6) is 5.88 Å².